The highest BCUT2D eigenvalue weighted by molar-refractivity contribution is 6.21. The number of carbonyl (C=O) groups excluding carboxylic acids is 3. The Morgan fingerprint density at radius 1 is 1.13 bits per heavy atom. The smallest absolute Gasteiger partial charge is 0.261 e. The highest BCUT2D eigenvalue weighted by atomic mass is 16.2. The predicted molar refractivity (Wildman–Crippen MR) is 86.1 cm³/mol. The van der Waals surface area contributed by atoms with E-state index in [0.29, 0.717) is 17.2 Å². The van der Waals surface area contributed by atoms with Gasteiger partial charge in [0.2, 0.25) is 5.91 Å². The van der Waals surface area contributed by atoms with E-state index in [4.69, 9.17) is 0 Å². The van der Waals surface area contributed by atoms with Gasteiger partial charge in [-0.1, -0.05) is 19.1 Å². The van der Waals surface area contributed by atoms with Gasteiger partial charge in [-0.3, -0.25) is 19.3 Å². The zero-order valence-corrected chi connectivity index (χ0v) is 13.5. The van der Waals surface area contributed by atoms with Gasteiger partial charge in [-0.05, 0) is 37.8 Å². The molecule has 2 heterocycles. The third-order valence-corrected chi connectivity index (χ3v) is 4.85. The first kappa shape index (κ1) is 15.7. The van der Waals surface area contributed by atoms with Crippen LogP contribution in [0.5, 0.6) is 0 Å². The van der Waals surface area contributed by atoms with E-state index in [9.17, 15) is 14.4 Å². The van der Waals surface area contributed by atoms with Crippen molar-refractivity contribution < 1.29 is 14.4 Å². The standard InChI is InChI=1S/C18H22N2O3/c1-2-13-7-5-6-11-19(13)16(21)10-12-20-17(22)14-8-3-4-9-15(14)18(20)23/h3-4,8-9,13H,2,5-7,10-12H2,1H3/t13-/m1/s1. The van der Waals surface area contributed by atoms with E-state index < -0.39 is 0 Å². The molecule has 0 saturated carbocycles. The lowest BCUT2D eigenvalue weighted by Gasteiger charge is -2.35. The number of piperidine rings is 1. The van der Waals surface area contributed by atoms with Gasteiger partial charge in [0.15, 0.2) is 0 Å². The average molecular weight is 314 g/mol. The fourth-order valence-corrected chi connectivity index (χ4v) is 3.55. The van der Waals surface area contributed by atoms with Gasteiger partial charge >= 0.3 is 0 Å². The number of imide groups is 1. The van der Waals surface area contributed by atoms with Crippen LogP contribution in [-0.4, -0.2) is 46.7 Å². The van der Waals surface area contributed by atoms with Crippen molar-refractivity contribution in [2.75, 3.05) is 13.1 Å². The van der Waals surface area contributed by atoms with E-state index in [-0.39, 0.29) is 30.7 Å². The minimum atomic E-state index is -0.288. The van der Waals surface area contributed by atoms with Crippen molar-refractivity contribution >= 4 is 17.7 Å². The molecule has 1 aromatic carbocycles. The normalized spacial score (nSPS) is 20.8. The van der Waals surface area contributed by atoms with Crippen molar-refractivity contribution in [2.24, 2.45) is 0 Å². The minimum absolute atomic E-state index is 0.0492. The third kappa shape index (κ3) is 2.87. The van der Waals surface area contributed by atoms with Gasteiger partial charge in [0.05, 0.1) is 11.1 Å². The number of likely N-dealkylation sites (tertiary alicyclic amines) is 1. The molecular formula is C18H22N2O3. The molecule has 0 N–H and O–H groups in total. The van der Waals surface area contributed by atoms with Crippen LogP contribution < -0.4 is 0 Å². The maximum Gasteiger partial charge on any atom is 0.261 e. The molecule has 1 fully saturated rings. The van der Waals surface area contributed by atoms with Gasteiger partial charge in [-0.2, -0.15) is 0 Å². The minimum Gasteiger partial charge on any atom is -0.340 e. The van der Waals surface area contributed by atoms with Crippen LogP contribution in [0, 0.1) is 0 Å². The van der Waals surface area contributed by atoms with E-state index in [1.165, 1.54) is 11.3 Å². The molecule has 3 amide bonds. The quantitative estimate of drug-likeness (QED) is 0.802. The van der Waals surface area contributed by atoms with Gasteiger partial charge in [-0.15, -0.1) is 0 Å². The molecule has 122 valence electrons. The van der Waals surface area contributed by atoms with Crippen LogP contribution in [0.25, 0.3) is 0 Å². The number of fused-ring (bicyclic) bond motifs is 1. The van der Waals surface area contributed by atoms with Crippen LogP contribution in [0.4, 0.5) is 0 Å². The van der Waals surface area contributed by atoms with Crippen molar-refractivity contribution in [3.63, 3.8) is 0 Å². The largest absolute Gasteiger partial charge is 0.340 e. The van der Waals surface area contributed by atoms with Crippen LogP contribution in [0.15, 0.2) is 24.3 Å². The lowest BCUT2D eigenvalue weighted by Crippen LogP contribution is -2.44. The van der Waals surface area contributed by atoms with Crippen molar-refractivity contribution in [1.82, 2.24) is 9.80 Å². The summed E-state index contributed by atoms with van der Waals surface area (Å²) in [6, 6.07) is 7.12. The molecule has 2 aliphatic rings. The molecule has 3 rings (SSSR count). The summed E-state index contributed by atoms with van der Waals surface area (Å²) in [5.74, 6) is -0.527. The van der Waals surface area contributed by atoms with E-state index >= 15 is 0 Å². The van der Waals surface area contributed by atoms with Crippen molar-refractivity contribution in [1.29, 1.82) is 0 Å². The number of benzene rings is 1. The number of rotatable bonds is 4. The first-order chi connectivity index (χ1) is 11.1. The molecule has 23 heavy (non-hydrogen) atoms. The molecule has 2 aliphatic heterocycles. The second kappa shape index (κ2) is 6.52. The second-order valence-corrected chi connectivity index (χ2v) is 6.20. The summed E-state index contributed by atoms with van der Waals surface area (Å²) in [6.07, 6.45) is 4.42. The third-order valence-electron chi connectivity index (χ3n) is 4.85. The highest BCUT2D eigenvalue weighted by Gasteiger charge is 2.35. The number of amides is 3. The SMILES string of the molecule is CC[C@@H]1CCCCN1C(=O)CCN1C(=O)c2ccccc2C1=O. The fourth-order valence-electron chi connectivity index (χ4n) is 3.55. The zero-order chi connectivity index (χ0) is 16.4. The first-order valence-corrected chi connectivity index (χ1v) is 8.38. The second-order valence-electron chi connectivity index (χ2n) is 6.20. The summed E-state index contributed by atoms with van der Waals surface area (Å²) < 4.78 is 0. The highest BCUT2D eigenvalue weighted by Crippen LogP contribution is 2.24. The lowest BCUT2D eigenvalue weighted by molar-refractivity contribution is -0.135. The van der Waals surface area contributed by atoms with Gasteiger partial charge in [0.25, 0.3) is 11.8 Å². The molecule has 0 bridgehead atoms. The van der Waals surface area contributed by atoms with Crippen LogP contribution in [0.1, 0.15) is 59.7 Å². The number of nitrogens with zero attached hydrogens (tertiary/aromatic N) is 2. The average Bonchev–Trinajstić information content (AvgIpc) is 2.84. The summed E-state index contributed by atoms with van der Waals surface area (Å²) in [6.45, 7) is 3.05. The molecule has 0 aromatic heterocycles. The molecule has 1 aromatic rings. The Hall–Kier alpha value is -2.17. The molecular weight excluding hydrogens is 292 g/mol. The molecule has 1 atom stereocenters. The summed E-state index contributed by atoms with van der Waals surface area (Å²) in [4.78, 5) is 40.2. The van der Waals surface area contributed by atoms with Gasteiger partial charge in [0.1, 0.15) is 0 Å². The summed E-state index contributed by atoms with van der Waals surface area (Å²) in [5, 5.41) is 0. The van der Waals surface area contributed by atoms with Crippen LogP contribution in [-0.2, 0) is 4.79 Å². The monoisotopic (exact) mass is 314 g/mol. The summed E-state index contributed by atoms with van der Waals surface area (Å²) in [7, 11) is 0. The fraction of sp³-hybridized carbons (Fsp3) is 0.500. The van der Waals surface area contributed by atoms with Crippen molar-refractivity contribution in [3.8, 4) is 0 Å². The van der Waals surface area contributed by atoms with Crippen LogP contribution in [0.3, 0.4) is 0 Å². The van der Waals surface area contributed by atoms with Crippen LogP contribution in [0.2, 0.25) is 0 Å². The molecule has 0 radical (unpaired) electrons. The summed E-state index contributed by atoms with van der Waals surface area (Å²) >= 11 is 0. The van der Waals surface area contributed by atoms with E-state index in [1.54, 1.807) is 24.3 Å². The topological polar surface area (TPSA) is 57.7 Å². The Bertz CT molecular complexity index is 606. The summed E-state index contributed by atoms with van der Waals surface area (Å²) in [5.41, 5.74) is 0.878. The molecule has 1 saturated heterocycles. The number of carbonyl (C=O) groups is 3. The maximum atomic E-state index is 12.5. The van der Waals surface area contributed by atoms with E-state index in [1.807, 2.05) is 4.90 Å². The molecule has 5 heteroatoms. The predicted octanol–water partition coefficient (Wildman–Crippen LogP) is 2.46. The first-order valence-electron chi connectivity index (χ1n) is 8.38. The van der Waals surface area contributed by atoms with Crippen molar-refractivity contribution in [3.05, 3.63) is 35.4 Å². The zero-order valence-electron chi connectivity index (χ0n) is 13.5. The molecule has 5 nitrogen and oxygen atoms in total. The van der Waals surface area contributed by atoms with E-state index in [2.05, 4.69) is 6.92 Å². The Labute approximate surface area is 136 Å². The molecule has 0 aliphatic carbocycles. The molecule has 0 spiro atoms. The van der Waals surface area contributed by atoms with Crippen LogP contribution >= 0.6 is 0 Å². The van der Waals surface area contributed by atoms with Gasteiger partial charge in [0, 0.05) is 25.6 Å². The maximum absolute atomic E-state index is 12.5. The lowest BCUT2D eigenvalue weighted by atomic mass is 9.99. The van der Waals surface area contributed by atoms with Crippen molar-refractivity contribution in [2.45, 2.75) is 45.1 Å². The number of hydrogen-bond acceptors (Lipinski definition) is 3. The van der Waals surface area contributed by atoms with Gasteiger partial charge in [-0.25, -0.2) is 0 Å². The number of hydrogen-bond donors (Lipinski definition) is 0. The Kier molecular flexibility index (Phi) is 4.46. The van der Waals surface area contributed by atoms with E-state index in [0.717, 1.165) is 25.8 Å². The molecule has 0 unspecified atom stereocenters. The Morgan fingerprint density at radius 3 is 2.39 bits per heavy atom. The van der Waals surface area contributed by atoms with Gasteiger partial charge < -0.3 is 4.90 Å². The Balaban J connectivity index is 1.64. The Morgan fingerprint density at radius 2 is 1.78 bits per heavy atom.